The van der Waals surface area contributed by atoms with Gasteiger partial charge in [0.15, 0.2) is 0 Å². The third kappa shape index (κ3) is 5.21. The summed E-state index contributed by atoms with van der Waals surface area (Å²) in [5.41, 5.74) is 0. The SMILES string of the molecule is CCc1ncc(CNCC(C)CN2CCCCC2)s1. The average Bonchev–Trinajstić information content (AvgIpc) is 2.88. The fourth-order valence-electron chi connectivity index (χ4n) is 2.68. The summed E-state index contributed by atoms with van der Waals surface area (Å²) < 4.78 is 0. The molecule has 0 saturated carbocycles. The van der Waals surface area contributed by atoms with Gasteiger partial charge < -0.3 is 10.2 Å². The fraction of sp³-hybridized carbons (Fsp3) is 0.800. The lowest BCUT2D eigenvalue weighted by Crippen LogP contribution is -2.36. The molecule has 4 heteroatoms. The van der Waals surface area contributed by atoms with E-state index in [4.69, 9.17) is 0 Å². The highest BCUT2D eigenvalue weighted by Crippen LogP contribution is 2.13. The first-order valence-corrected chi connectivity index (χ1v) is 8.46. The van der Waals surface area contributed by atoms with Crippen LogP contribution in [0.25, 0.3) is 0 Å². The summed E-state index contributed by atoms with van der Waals surface area (Å²) in [6.45, 7) is 10.5. The van der Waals surface area contributed by atoms with Crippen molar-refractivity contribution in [2.24, 2.45) is 5.92 Å². The molecule has 3 nitrogen and oxygen atoms in total. The van der Waals surface area contributed by atoms with Gasteiger partial charge in [0.05, 0.1) is 5.01 Å². The van der Waals surface area contributed by atoms with Crippen LogP contribution in [0.15, 0.2) is 6.20 Å². The second-order valence-electron chi connectivity index (χ2n) is 5.67. The number of hydrogen-bond acceptors (Lipinski definition) is 4. The first-order chi connectivity index (χ1) is 9.28. The molecule has 1 aromatic heterocycles. The van der Waals surface area contributed by atoms with Crippen LogP contribution in [-0.2, 0) is 13.0 Å². The molecule has 2 rings (SSSR count). The van der Waals surface area contributed by atoms with E-state index in [1.54, 1.807) is 0 Å². The Morgan fingerprint density at radius 2 is 2.16 bits per heavy atom. The molecule has 0 spiro atoms. The molecule has 108 valence electrons. The molecule has 2 heterocycles. The van der Waals surface area contributed by atoms with Crippen molar-refractivity contribution in [1.82, 2.24) is 15.2 Å². The van der Waals surface area contributed by atoms with Gasteiger partial charge in [-0.1, -0.05) is 20.3 Å². The minimum absolute atomic E-state index is 0.733. The Balaban J connectivity index is 1.61. The van der Waals surface area contributed by atoms with E-state index >= 15 is 0 Å². The lowest BCUT2D eigenvalue weighted by atomic mass is 10.1. The van der Waals surface area contributed by atoms with Gasteiger partial charge in [0.2, 0.25) is 0 Å². The van der Waals surface area contributed by atoms with E-state index in [0.717, 1.165) is 25.4 Å². The summed E-state index contributed by atoms with van der Waals surface area (Å²) in [5.74, 6) is 0.733. The van der Waals surface area contributed by atoms with Crippen LogP contribution in [0.2, 0.25) is 0 Å². The number of nitrogens with one attached hydrogen (secondary N) is 1. The summed E-state index contributed by atoms with van der Waals surface area (Å²) in [5, 5.41) is 4.82. The maximum absolute atomic E-state index is 4.40. The zero-order chi connectivity index (χ0) is 13.5. The topological polar surface area (TPSA) is 28.2 Å². The van der Waals surface area contributed by atoms with Crippen LogP contribution in [-0.4, -0.2) is 36.1 Å². The molecule has 1 saturated heterocycles. The second kappa shape index (κ2) is 7.98. The minimum Gasteiger partial charge on any atom is -0.311 e. The molecule has 0 bridgehead atoms. The fourth-order valence-corrected chi connectivity index (χ4v) is 3.51. The summed E-state index contributed by atoms with van der Waals surface area (Å²) in [6.07, 6.45) is 7.28. The molecule has 19 heavy (non-hydrogen) atoms. The van der Waals surface area contributed by atoms with E-state index in [1.165, 1.54) is 48.8 Å². The summed E-state index contributed by atoms with van der Waals surface area (Å²) in [7, 11) is 0. The standard InChI is InChI=1S/C15H27N3S/c1-3-15-17-11-14(19-15)10-16-9-13(2)12-18-7-5-4-6-8-18/h11,13,16H,3-10,12H2,1-2H3. The quantitative estimate of drug-likeness (QED) is 0.833. The molecule has 0 aliphatic carbocycles. The molecule has 1 atom stereocenters. The Bertz CT molecular complexity index is 358. The molecular weight excluding hydrogens is 254 g/mol. The van der Waals surface area contributed by atoms with Crippen molar-refractivity contribution >= 4 is 11.3 Å². The van der Waals surface area contributed by atoms with Crippen molar-refractivity contribution < 1.29 is 0 Å². The van der Waals surface area contributed by atoms with Crippen molar-refractivity contribution in [2.75, 3.05) is 26.2 Å². The van der Waals surface area contributed by atoms with E-state index in [-0.39, 0.29) is 0 Å². The highest BCUT2D eigenvalue weighted by atomic mass is 32.1. The van der Waals surface area contributed by atoms with E-state index in [2.05, 4.69) is 29.0 Å². The van der Waals surface area contributed by atoms with Gasteiger partial charge in [0.1, 0.15) is 0 Å². The van der Waals surface area contributed by atoms with E-state index in [9.17, 15) is 0 Å². The van der Waals surface area contributed by atoms with Gasteiger partial charge in [-0.3, -0.25) is 0 Å². The van der Waals surface area contributed by atoms with E-state index < -0.39 is 0 Å². The smallest absolute Gasteiger partial charge is 0.0925 e. The third-order valence-electron chi connectivity index (χ3n) is 3.71. The first kappa shape index (κ1) is 14.9. The number of rotatable bonds is 7. The molecule has 0 aromatic carbocycles. The van der Waals surface area contributed by atoms with Crippen LogP contribution in [0.3, 0.4) is 0 Å². The predicted octanol–water partition coefficient (Wildman–Crippen LogP) is 2.92. The van der Waals surface area contributed by atoms with Crippen LogP contribution >= 0.6 is 11.3 Å². The Labute approximate surface area is 121 Å². The van der Waals surface area contributed by atoms with Gasteiger partial charge in [0.25, 0.3) is 0 Å². The van der Waals surface area contributed by atoms with Gasteiger partial charge >= 0.3 is 0 Å². The Hall–Kier alpha value is -0.450. The van der Waals surface area contributed by atoms with Crippen LogP contribution < -0.4 is 5.32 Å². The molecule has 1 unspecified atom stereocenters. The monoisotopic (exact) mass is 281 g/mol. The maximum Gasteiger partial charge on any atom is 0.0925 e. The number of aryl methyl sites for hydroxylation is 1. The van der Waals surface area contributed by atoms with Crippen LogP contribution in [0, 0.1) is 5.92 Å². The van der Waals surface area contributed by atoms with E-state index in [1.807, 2.05) is 17.5 Å². The summed E-state index contributed by atoms with van der Waals surface area (Å²) in [4.78, 5) is 8.38. The van der Waals surface area contributed by atoms with E-state index in [0.29, 0.717) is 0 Å². The van der Waals surface area contributed by atoms with Crippen LogP contribution in [0.5, 0.6) is 0 Å². The first-order valence-electron chi connectivity index (χ1n) is 7.64. The van der Waals surface area contributed by atoms with Gasteiger partial charge in [-0.15, -0.1) is 11.3 Å². The number of nitrogens with zero attached hydrogens (tertiary/aromatic N) is 2. The number of likely N-dealkylation sites (tertiary alicyclic amines) is 1. The second-order valence-corrected chi connectivity index (χ2v) is 6.87. The normalized spacial score (nSPS) is 18.6. The molecule has 0 radical (unpaired) electrons. The number of aromatic nitrogens is 1. The number of piperidine rings is 1. The molecule has 1 aromatic rings. The van der Waals surface area contributed by atoms with Gasteiger partial charge in [-0.25, -0.2) is 4.98 Å². The van der Waals surface area contributed by atoms with Crippen molar-refractivity contribution in [3.05, 3.63) is 16.1 Å². The highest BCUT2D eigenvalue weighted by Gasteiger charge is 2.13. The summed E-state index contributed by atoms with van der Waals surface area (Å²) in [6, 6.07) is 0. The zero-order valence-electron chi connectivity index (χ0n) is 12.3. The van der Waals surface area contributed by atoms with Crippen molar-refractivity contribution in [1.29, 1.82) is 0 Å². The van der Waals surface area contributed by atoms with Crippen molar-refractivity contribution in [3.63, 3.8) is 0 Å². The minimum atomic E-state index is 0.733. The highest BCUT2D eigenvalue weighted by molar-refractivity contribution is 7.11. The van der Waals surface area contributed by atoms with Gasteiger partial charge in [0, 0.05) is 24.2 Å². The van der Waals surface area contributed by atoms with Crippen LogP contribution in [0.1, 0.15) is 43.0 Å². The molecule has 1 aliphatic heterocycles. The van der Waals surface area contributed by atoms with Crippen molar-refractivity contribution in [2.45, 2.75) is 46.1 Å². The van der Waals surface area contributed by atoms with Gasteiger partial charge in [-0.05, 0) is 44.8 Å². The van der Waals surface area contributed by atoms with Crippen LogP contribution in [0.4, 0.5) is 0 Å². The molecular formula is C15H27N3S. The van der Waals surface area contributed by atoms with Gasteiger partial charge in [-0.2, -0.15) is 0 Å². The average molecular weight is 281 g/mol. The molecule has 1 fully saturated rings. The predicted molar refractivity (Wildman–Crippen MR) is 82.7 cm³/mol. The Morgan fingerprint density at radius 3 is 2.84 bits per heavy atom. The molecule has 1 aliphatic rings. The number of hydrogen-bond donors (Lipinski definition) is 1. The molecule has 1 N–H and O–H groups in total. The third-order valence-corrected chi connectivity index (χ3v) is 4.86. The maximum atomic E-state index is 4.40. The lowest BCUT2D eigenvalue weighted by molar-refractivity contribution is 0.199. The summed E-state index contributed by atoms with van der Waals surface area (Å²) >= 11 is 1.84. The number of thiazole rings is 1. The Kier molecular flexibility index (Phi) is 6.28. The van der Waals surface area contributed by atoms with Crippen molar-refractivity contribution in [3.8, 4) is 0 Å². The largest absolute Gasteiger partial charge is 0.311 e. The Morgan fingerprint density at radius 1 is 1.37 bits per heavy atom. The zero-order valence-corrected chi connectivity index (χ0v) is 13.1. The molecule has 0 amide bonds. The lowest BCUT2D eigenvalue weighted by Gasteiger charge is -2.29.